The minimum Gasteiger partial charge on any atom is -0.481 e. The highest BCUT2D eigenvalue weighted by Crippen LogP contribution is 2.36. The Morgan fingerprint density at radius 3 is 2.57 bits per heavy atom. The van der Waals surface area contributed by atoms with Crippen molar-refractivity contribution in [2.75, 3.05) is 0 Å². The smallest absolute Gasteiger partial charge is 0.328 e. The van der Waals surface area contributed by atoms with E-state index in [1.54, 1.807) is 18.2 Å². The van der Waals surface area contributed by atoms with Crippen molar-refractivity contribution in [1.82, 2.24) is 0 Å². The number of nitrogens with zero attached hydrogens (tertiary/aromatic N) is 1. The topological polar surface area (TPSA) is 99.9 Å². The number of nitrogens with two attached hydrogens (primary N) is 2. The molecule has 1 heterocycles. The Kier molecular flexibility index (Phi) is 5.28. The number of benzene rings is 2. The first kappa shape index (κ1) is 20.4. The van der Waals surface area contributed by atoms with Crippen LogP contribution in [0.3, 0.4) is 0 Å². The van der Waals surface area contributed by atoms with E-state index >= 15 is 0 Å². The fraction of sp³-hybridized carbons (Fsp3) is 0.417. The molecule has 2 unspecified atom stereocenters. The molecular formula is C24H29N3O3. The molecule has 4 N–H and O–H groups in total. The van der Waals surface area contributed by atoms with Gasteiger partial charge in [-0.3, -0.25) is 0 Å². The van der Waals surface area contributed by atoms with Crippen molar-refractivity contribution in [2.45, 2.75) is 57.8 Å². The predicted octanol–water partition coefficient (Wildman–Crippen LogP) is 3.58. The van der Waals surface area contributed by atoms with Crippen LogP contribution in [0.15, 0.2) is 47.5 Å². The molecule has 0 saturated heterocycles. The molecule has 4 rings (SSSR count). The van der Waals surface area contributed by atoms with Crippen molar-refractivity contribution >= 4 is 17.5 Å². The first-order valence-corrected chi connectivity index (χ1v) is 10.4. The summed E-state index contributed by atoms with van der Waals surface area (Å²) in [7, 11) is 0. The SMILES string of the molecule is CC1Oc2ccc(C(N)C(=O)OC(C)(C)CC3Cc4ccccc4C3)cc2N=C1N. The highest BCUT2D eigenvalue weighted by atomic mass is 16.6. The van der Waals surface area contributed by atoms with Crippen LogP contribution in [0.4, 0.5) is 5.69 Å². The summed E-state index contributed by atoms with van der Waals surface area (Å²) in [5.74, 6) is 1.04. The first-order chi connectivity index (χ1) is 14.2. The molecule has 2 aromatic rings. The molecular weight excluding hydrogens is 378 g/mol. The molecule has 0 amide bonds. The molecule has 0 fully saturated rings. The number of fused-ring (bicyclic) bond motifs is 2. The number of amidine groups is 1. The quantitative estimate of drug-likeness (QED) is 0.738. The monoisotopic (exact) mass is 407 g/mol. The van der Waals surface area contributed by atoms with Crippen LogP contribution in [0.1, 0.15) is 49.9 Å². The van der Waals surface area contributed by atoms with Crippen LogP contribution in [0.5, 0.6) is 5.75 Å². The van der Waals surface area contributed by atoms with Gasteiger partial charge in [-0.05, 0) is 74.8 Å². The van der Waals surface area contributed by atoms with Gasteiger partial charge in [-0.25, -0.2) is 9.79 Å². The normalized spacial score (nSPS) is 19.3. The Morgan fingerprint density at radius 1 is 1.23 bits per heavy atom. The Bertz CT molecular complexity index is 974. The molecule has 0 bridgehead atoms. The van der Waals surface area contributed by atoms with Gasteiger partial charge in [0.2, 0.25) is 0 Å². The summed E-state index contributed by atoms with van der Waals surface area (Å²) in [4.78, 5) is 17.2. The van der Waals surface area contributed by atoms with Gasteiger partial charge in [-0.2, -0.15) is 0 Å². The second-order valence-corrected chi connectivity index (χ2v) is 8.93. The molecule has 2 atom stereocenters. The maximum atomic E-state index is 12.8. The van der Waals surface area contributed by atoms with E-state index in [4.69, 9.17) is 20.9 Å². The highest BCUT2D eigenvalue weighted by molar-refractivity contribution is 5.90. The number of hydrogen-bond acceptors (Lipinski definition) is 6. The van der Waals surface area contributed by atoms with Crippen molar-refractivity contribution in [1.29, 1.82) is 0 Å². The van der Waals surface area contributed by atoms with Gasteiger partial charge >= 0.3 is 5.97 Å². The maximum absolute atomic E-state index is 12.8. The molecule has 0 radical (unpaired) electrons. The van der Waals surface area contributed by atoms with Crippen molar-refractivity contribution in [2.24, 2.45) is 22.4 Å². The number of rotatable bonds is 5. The first-order valence-electron chi connectivity index (χ1n) is 10.4. The van der Waals surface area contributed by atoms with Crippen molar-refractivity contribution < 1.29 is 14.3 Å². The van der Waals surface area contributed by atoms with Gasteiger partial charge in [0.15, 0.2) is 6.10 Å². The molecule has 0 aromatic heterocycles. The Hall–Kier alpha value is -2.86. The lowest BCUT2D eigenvalue weighted by atomic mass is 9.91. The number of carbonyl (C=O) groups is 1. The lowest BCUT2D eigenvalue weighted by molar-refractivity contribution is -0.159. The number of ether oxygens (including phenoxy) is 2. The third-order valence-electron chi connectivity index (χ3n) is 5.86. The molecule has 30 heavy (non-hydrogen) atoms. The molecule has 1 aliphatic heterocycles. The van der Waals surface area contributed by atoms with E-state index in [0.29, 0.717) is 28.8 Å². The van der Waals surface area contributed by atoms with Crippen molar-refractivity contribution in [3.05, 3.63) is 59.2 Å². The van der Waals surface area contributed by atoms with Gasteiger partial charge in [0.1, 0.15) is 28.9 Å². The summed E-state index contributed by atoms with van der Waals surface area (Å²) < 4.78 is 11.5. The van der Waals surface area contributed by atoms with E-state index in [0.717, 1.165) is 19.3 Å². The average molecular weight is 408 g/mol. The van der Waals surface area contributed by atoms with Crippen molar-refractivity contribution in [3.8, 4) is 5.75 Å². The van der Waals surface area contributed by atoms with E-state index < -0.39 is 17.6 Å². The minimum atomic E-state index is -0.897. The molecule has 6 heteroatoms. The van der Waals surface area contributed by atoms with Gasteiger partial charge < -0.3 is 20.9 Å². The summed E-state index contributed by atoms with van der Waals surface area (Å²) in [6, 6.07) is 12.9. The number of carbonyl (C=O) groups excluding carboxylic acids is 1. The van der Waals surface area contributed by atoms with Crippen LogP contribution in [-0.2, 0) is 22.4 Å². The minimum absolute atomic E-state index is 0.274. The van der Waals surface area contributed by atoms with Crippen molar-refractivity contribution in [3.63, 3.8) is 0 Å². The van der Waals surface area contributed by atoms with E-state index in [-0.39, 0.29) is 6.10 Å². The number of aliphatic imine (C=N–C) groups is 1. The molecule has 2 aromatic carbocycles. The summed E-state index contributed by atoms with van der Waals surface area (Å²) in [6.45, 7) is 5.74. The second-order valence-electron chi connectivity index (χ2n) is 8.93. The standard InChI is InChI=1S/C24H29N3O3/c1-14-22(26)27-19-12-18(8-9-20(19)29-14)21(25)23(28)30-24(2,3)13-15-10-16-6-4-5-7-17(16)11-15/h4-9,12,14-15,21H,10-11,13,25H2,1-3H3,(H2,26,27). The zero-order valence-corrected chi connectivity index (χ0v) is 17.7. The molecule has 2 aliphatic rings. The van der Waals surface area contributed by atoms with E-state index in [2.05, 4.69) is 29.3 Å². The largest absolute Gasteiger partial charge is 0.481 e. The van der Waals surface area contributed by atoms with Gasteiger partial charge in [-0.1, -0.05) is 30.3 Å². The van der Waals surface area contributed by atoms with Crippen LogP contribution in [0, 0.1) is 5.92 Å². The molecule has 0 saturated carbocycles. The Labute approximate surface area is 177 Å². The van der Waals surface area contributed by atoms with E-state index in [9.17, 15) is 4.79 Å². The third-order valence-corrected chi connectivity index (χ3v) is 5.86. The number of hydrogen-bond donors (Lipinski definition) is 2. The summed E-state index contributed by atoms with van der Waals surface area (Å²) in [5, 5.41) is 0. The van der Waals surface area contributed by atoms with Gasteiger partial charge in [0.05, 0.1) is 0 Å². The highest BCUT2D eigenvalue weighted by Gasteiger charge is 2.33. The fourth-order valence-corrected chi connectivity index (χ4v) is 4.40. The zero-order valence-electron chi connectivity index (χ0n) is 17.7. The zero-order chi connectivity index (χ0) is 21.5. The van der Waals surface area contributed by atoms with E-state index in [1.807, 2.05) is 20.8 Å². The lowest BCUT2D eigenvalue weighted by Crippen LogP contribution is -2.35. The van der Waals surface area contributed by atoms with Crippen LogP contribution in [-0.4, -0.2) is 23.5 Å². The predicted molar refractivity (Wildman–Crippen MR) is 117 cm³/mol. The summed E-state index contributed by atoms with van der Waals surface area (Å²) in [6.07, 6.45) is 2.55. The second kappa shape index (κ2) is 7.76. The van der Waals surface area contributed by atoms with Gasteiger partial charge in [0.25, 0.3) is 0 Å². The maximum Gasteiger partial charge on any atom is 0.328 e. The van der Waals surface area contributed by atoms with Crippen LogP contribution < -0.4 is 16.2 Å². The molecule has 0 spiro atoms. The fourth-order valence-electron chi connectivity index (χ4n) is 4.40. The number of esters is 1. The summed E-state index contributed by atoms with van der Waals surface area (Å²) in [5.41, 5.74) is 15.5. The van der Waals surface area contributed by atoms with Crippen LogP contribution in [0.2, 0.25) is 0 Å². The Morgan fingerprint density at radius 2 is 1.90 bits per heavy atom. The van der Waals surface area contributed by atoms with Gasteiger partial charge in [-0.15, -0.1) is 0 Å². The Balaban J connectivity index is 1.41. The molecule has 158 valence electrons. The summed E-state index contributed by atoms with van der Waals surface area (Å²) >= 11 is 0. The average Bonchev–Trinajstić information content (AvgIpc) is 3.08. The molecule has 6 nitrogen and oxygen atoms in total. The van der Waals surface area contributed by atoms with Crippen LogP contribution in [0.25, 0.3) is 0 Å². The van der Waals surface area contributed by atoms with Crippen LogP contribution >= 0.6 is 0 Å². The third kappa shape index (κ3) is 4.19. The van der Waals surface area contributed by atoms with E-state index in [1.165, 1.54) is 11.1 Å². The molecule has 1 aliphatic carbocycles. The van der Waals surface area contributed by atoms with Gasteiger partial charge in [0, 0.05) is 0 Å². The lowest BCUT2D eigenvalue weighted by Gasteiger charge is -2.29.